The number of amides is 1. The van der Waals surface area contributed by atoms with E-state index in [9.17, 15) is 13.2 Å². The number of likely N-dealkylation sites (tertiary alicyclic amines) is 1. The third-order valence-electron chi connectivity index (χ3n) is 5.63. The molecule has 1 aliphatic rings. The molecule has 3 aromatic rings. The fourth-order valence-corrected chi connectivity index (χ4v) is 5.24. The summed E-state index contributed by atoms with van der Waals surface area (Å²) in [6, 6.07) is 17.0. The van der Waals surface area contributed by atoms with Gasteiger partial charge in [-0.05, 0) is 42.5 Å². The van der Waals surface area contributed by atoms with Crippen LogP contribution in [-0.2, 0) is 10.0 Å². The molecule has 0 radical (unpaired) electrons. The number of carbonyl (C=O) groups excluding carboxylic acids is 1. The Balaban J connectivity index is 1.63. The number of piperidine rings is 1. The number of hydrogen-bond donors (Lipinski definition) is 2. The van der Waals surface area contributed by atoms with Crippen LogP contribution in [0.3, 0.4) is 0 Å². The van der Waals surface area contributed by atoms with Crippen molar-refractivity contribution < 1.29 is 13.2 Å². The highest BCUT2D eigenvalue weighted by atomic mass is 35.5. The predicted octanol–water partition coefficient (Wildman–Crippen LogP) is 4.80. The lowest BCUT2D eigenvalue weighted by atomic mass is 9.89. The number of halogens is 2. The number of aromatic nitrogens is 1. The number of carbonyl (C=O) groups is 1. The summed E-state index contributed by atoms with van der Waals surface area (Å²) in [6.45, 7) is 1.12. The molecule has 1 aromatic heterocycles. The van der Waals surface area contributed by atoms with E-state index >= 15 is 0 Å². The number of nitrogens with one attached hydrogen (secondary N) is 1. The highest BCUT2D eigenvalue weighted by Gasteiger charge is 2.29. The van der Waals surface area contributed by atoms with E-state index in [0.717, 1.165) is 12.8 Å². The third kappa shape index (κ3) is 5.30. The average Bonchev–Trinajstić information content (AvgIpc) is 2.80. The molecule has 1 amide bonds. The van der Waals surface area contributed by atoms with Crippen LogP contribution in [-0.4, -0.2) is 37.3 Å². The Morgan fingerprint density at radius 2 is 1.76 bits per heavy atom. The quantitative estimate of drug-likeness (QED) is 0.518. The highest BCUT2D eigenvalue weighted by Crippen LogP contribution is 2.35. The molecule has 2 heterocycles. The maximum atomic E-state index is 13.4. The predicted molar refractivity (Wildman–Crippen MR) is 130 cm³/mol. The van der Waals surface area contributed by atoms with Crippen LogP contribution >= 0.6 is 23.2 Å². The van der Waals surface area contributed by atoms with Crippen LogP contribution < -0.4 is 10.5 Å². The van der Waals surface area contributed by atoms with Gasteiger partial charge >= 0.3 is 0 Å². The van der Waals surface area contributed by atoms with Crippen LogP contribution in [0.5, 0.6) is 0 Å². The molecule has 0 unspecified atom stereocenters. The minimum atomic E-state index is -4.20. The molecule has 33 heavy (non-hydrogen) atoms. The van der Waals surface area contributed by atoms with Crippen molar-refractivity contribution in [3.05, 3.63) is 82.0 Å². The van der Waals surface area contributed by atoms with Crippen molar-refractivity contribution in [3.8, 4) is 0 Å². The molecular weight excluding hydrogens is 483 g/mol. The molecular formula is C23H22Cl2N4O3S. The van der Waals surface area contributed by atoms with Crippen molar-refractivity contribution in [3.63, 3.8) is 0 Å². The van der Waals surface area contributed by atoms with Crippen LogP contribution in [0.2, 0.25) is 10.0 Å². The van der Waals surface area contributed by atoms with Crippen molar-refractivity contribution >= 4 is 50.5 Å². The highest BCUT2D eigenvalue weighted by molar-refractivity contribution is 7.89. The van der Waals surface area contributed by atoms with Crippen molar-refractivity contribution in [2.75, 3.05) is 18.4 Å². The van der Waals surface area contributed by atoms with Crippen LogP contribution in [0, 0.1) is 0 Å². The van der Waals surface area contributed by atoms with Gasteiger partial charge in [0.2, 0.25) is 0 Å². The summed E-state index contributed by atoms with van der Waals surface area (Å²) in [5, 5.41) is 8.00. The van der Waals surface area contributed by atoms with Gasteiger partial charge in [0, 0.05) is 30.0 Å². The Kier molecular flexibility index (Phi) is 6.90. The molecule has 1 aliphatic heterocycles. The van der Waals surface area contributed by atoms with Gasteiger partial charge in [-0.3, -0.25) is 4.79 Å². The van der Waals surface area contributed by atoms with Gasteiger partial charge in [-0.2, -0.15) is 0 Å². The van der Waals surface area contributed by atoms with E-state index in [0.29, 0.717) is 29.7 Å². The molecule has 3 N–H and O–H groups in total. The fourth-order valence-electron chi connectivity index (χ4n) is 3.97. The zero-order chi connectivity index (χ0) is 23.6. The van der Waals surface area contributed by atoms with Crippen molar-refractivity contribution in [2.45, 2.75) is 23.8 Å². The maximum absolute atomic E-state index is 13.4. The zero-order valence-electron chi connectivity index (χ0n) is 17.5. The lowest BCUT2D eigenvalue weighted by Crippen LogP contribution is -2.38. The van der Waals surface area contributed by atoms with Gasteiger partial charge in [0.25, 0.3) is 15.9 Å². The minimum absolute atomic E-state index is 0.119. The lowest BCUT2D eigenvalue weighted by Gasteiger charge is -2.32. The third-order valence-corrected chi connectivity index (χ3v) is 7.20. The SMILES string of the molecule is NS(=O)(=O)c1ncc(C(=O)N2CCC(c3ccccc3)CC2)c(Nc2cccc(Cl)c2)c1Cl. The summed E-state index contributed by atoms with van der Waals surface area (Å²) in [4.78, 5) is 19.0. The van der Waals surface area contributed by atoms with Crippen molar-refractivity contribution in [2.24, 2.45) is 5.14 Å². The monoisotopic (exact) mass is 504 g/mol. The van der Waals surface area contributed by atoms with Crippen LogP contribution in [0.25, 0.3) is 0 Å². The molecule has 0 bridgehead atoms. The first kappa shape index (κ1) is 23.5. The van der Waals surface area contributed by atoms with Gasteiger partial charge in [0.1, 0.15) is 5.02 Å². The van der Waals surface area contributed by atoms with E-state index in [4.69, 9.17) is 28.3 Å². The number of benzene rings is 2. The number of anilines is 2. The topological polar surface area (TPSA) is 105 Å². The lowest BCUT2D eigenvalue weighted by molar-refractivity contribution is 0.0713. The van der Waals surface area contributed by atoms with Gasteiger partial charge in [0.05, 0.1) is 11.3 Å². The molecule has 10 heteroatoms. The molecule has 0 atom stereocenters. The second-order valence-electron chi connectivity index (χ2n) is 7.82. The van der Waals surface area contributed by atoms with E-state index in [1.165, 1.54) is 11.8 Å². The van der Waals surface area contributed by atoms with Gasteiger partial charge in [0.15, 0.2) is 5.03 Å². The standard InChI is InChI=1S/C23H22Cl2N4O3S/c24-17-7-4-8-18(13-17)28-21-19(14-27-22(20(21)25)33(26,31)32)23(30)29-11-9-16(10-12-29)15-5-2-1-3-6-15/h1-8,13-14,16H,9-12H2,(H,27,28)(H2,26,31,32). The Morgan fingerprint density at radius 3 is 2.39 bits per heavy atom. The first-order valence-corrected chi connectivity index (χ1v) is 12.6. The van der Waals surface area contributed by atoms with E-state index in [2.05, 4.69) is 22.4 Å². The summed E-state index contributed by atoms with van der Waals surface area (Å²) in [5.74, 6) is 0.0900. The number of hydrogen-bond acceptors (Lipinski definition) is 5. The molecule has 1 fully saturated rings. The van der Waals surface area contributed by atoms with Gasteiger partial charge < -0.3 is 10.2 Å². The van der Waals surface area contributed by atoms with E-state index in [1.807, 2.05) is 18.2 Å². The van der Waals surface area contributed by atoms with Crippen molar-refractivity contribution in [1.82, 2.24) is 9.88 Å². The molecule has 172 valence electrons. The Bertz CT molecular complexity index is 1280. The summed E-state index contributed by atoms with van der Waals surface area (Å²) in [5.41, 5.74) is 2.07. The summed E-state index contributed by atoms with van der Waals surface area (Å²) in [7, 11) is -4.20. The normalized spacial score (nSPS) is 14.8. The molecule has 1 saturated heterocycles. The van der Waals surface area contributed by atoms with Gasteiger partial charge in [-0.25, -0.2) is 18.5 Å². The second kappa shape index (κ2) is 9.69. The Hall–Kier alpha value is -2.65. The Morgan fingerprint density at radius 1 is 1.06 bits per heavy atom. The minimum Gasteiger partial charge on any atom is -0.353 e. The second-order valence-corrected chi connectivity index (χ2v) is 10.1. The number of nitrogens with two attached hydrogens (primary N) is 1. The van der Waals surface area contributed by atoms with E-state index in [-0.39, 0.29) is 22.2 Å². The summed E-state index contributed by atoms with van der Waals surface area (Å²) < 4.78 is 23.9. The Labute approximate surface area is 202 Å². The number of sulfonamides is 1. The van der Waals surface area contributed by atoms with Crippen LogP contribution in [0.1, 0.15) is 34.7 Å². The molecule has 0 aliphatic carbocycles. The summed E-state index contributed by atoms with van der Waals surface area (Å²) >= 11 is 12.5. The summed E-state index contributed by atoms with van der Waals surface area (Å²) in [6.07, 6.45) is 2.84. The molecule has 4 rings (SSSR count). The maximum Gasteiger partial charge on any atom is 0.257 e. The van der Waals surface area contributed by atoms with Crippen LogP contribution in [0.4, 0.5) is 11.4 Å². The number of pyridine rings is 1. The first-order chi connectivity index (χ1) is 15.7. The largest absolute Gasteiger partial charge is 0.353 e. The van der Waals surface area contributed by atoms with Crippen LogP contribution in [0.15, 0.2) is 65.8 Å². The van der Waals surface area contributed by atoms with Gasteiger partial charge in [-0.1, -0.05) is 59.6 Å². The molecule has 7 nitrogen and oxygen atoms in total. The van der Waals surface area contributed by atoms with Crippen molar-refractivity contribution in [1.29, 1.82) is 0 Å². The van der Waals surface area contributed by atoms with Gasteiger partial charge in [-0.15, -0.1) is 0 Å². The molecule has 0 saturated carbocycles. The number of rotatable bonds is 5. The molecule has 2 aromatic carbocycles. The molecule has 0 spiro atoms. The van der Waals surface area contributed by atoms with E-state index in [1.54, 1.807) is 29.2 Å². The zero-order valence-corrected chi connectivity index (χ0v) is 19.9. The van der Waals surface area contributed by atoms with E-state index < -0.39 is 15.0 Å². The fraction of sp³-hybridized carbons (Fsp3) is 0.217. The number of nitrogens with zero attached hydrogens (tertiary/aromatic N) is 2. The first-order valence-electron chi connectivity index (χ1n) is 10.3. The smallest absolute Gasteiger partial charge is 0.257 e. The average molecular weight is 505 g/mol. The number of primary sulfonamides is 1.